The molecule has 1 heterocycles. The Morgan fingerprint density at radius 3 is 2.86 bits per heavy atom. The van der Waals surface area contributed by atoms with Gasteiger partial charge in [-0.15, -0.1) is 0 Å². The van der Waals surface area contributed by atoms with E-state index in [2.05, 4.69) is 9.82 Å². The highest BCUT2D eigenvalue weighted by Crippen LogP contribution is 2.20. The van der Waals surface area contributed by atoms with Crippen LogP contribution in [-0.2, 0) is 16.6 Å². The van der Waals surface area contributed by atoms with Gasteiger partial charge in [-0.1, -0.05) is 11.6 Å². The zero-order valence-electron chi connectivity index (χ0n) is 11.2. The highest BCUT2D eigenvalue weighted by atomic mass is 35.5. The molecule has 0 spiro atoms. The number of halogens is 1. The lowest BCUT2D eigenvalue weighted by atomic mass is 10.2. The Hall–Kier alpha value is -1.88. The van der Waals surface area contributed by atoms with Crippen LogP contribution >= 0.6 is 11.6 Å². The molecule has 110 valence electrons. The summed E-state index contributed by atoms with van der Waals surface area (Å²) in [5, 5.41) is 12.9. The third kappa shape index (κ3) is 3.82. The molecule has 0 aliphatic carbocycles. The van der Waals surface area contributed by atoms with Crippen molar-refractivity contribution in [3.8, 4) is 6.07 Å². The van der Waals surface area contributed by atoms with Gasteiger partial charge in [-0.25, -0.2) is 13.1 Å². The predicted octanol–water partition coefficient (Wildman–Crippen LogP) is 1.78. The summed E-state index contributed by atoms with van der Waals surface area (Å²) < 4.78 is 28.7. The lowest BCUT2D eigenvalue weighted by Crippen LogP contribution is -2.35. The van der Waals surface area contributed by atoms with E-state index in [4.69, 9.17) is 16.9 Å². The number of sulfonamides is 1. The second-order valence-electron chi connectivity index (χ2n) is 4.50. The predicted molar refractivity (Wildman–Crippen MR) is 78.2 cm³/mol. The van der Waals surface area contributed by atoms with Gasteiger partial charge in [0.1, 0.15) is 6.07 Å². The number of hydrogen-bond donors (Lipinski definition) is 1. The van der Waals surface area contributed by atoms with Gasteiger partial charge in [0.05, 0.1) is 22.0 Å². The van der Waals surface area contributed by atoms with Gasteiger partial charge in [0.2, 0.25) is 10.0 Å². The van der Waals surface area contributed by atoms with Crippen molar-refractivity contribution in [3.05, 3.63) is 47.2 Å². The molecule has 0 saturated carbocycles. The van der Waals surface area contributed by atoms with Gasteiger partial charge in [-0.2, -0.15) is 10.4 Å². The van der Waals surface area contributed by atoms with Gasteiger partial charge < -0.3 is 0 Å². The minimum absolute atomic E-state index is 0.0267. The summed E-state index contributed by atoms with van der Waals surface area (Å²) in [5.41, 5.74) is 0.236. The normalized spacial score (nSPS) is 12.8. The monoisotopic (exact) mass is 324 g/mol. The first-order chi connectivity index (χ1) is 9.92. The van der Waals surface area contributed by atoms with Crippen LogP contribution in [0.2, 0.25) is 5.02 Å². The van der Waals surface area contributed by atoms with E-state index in [9.17, 15) is 8.42 Å². The summed E-state index contributed by atoms with van der Waals surface area (Å²) in [7, 11) is -3.70. The molecule has 1 N–H and O–H groups in total. The molecule has 0 aliphatic rings. The topological polar surface area (TPSA) is 87.8 Å². The van der Waals surface area contributed by atoms with Crippen LogP contribution in [0.5, 0.6) is 0 Å². The smallest absolute Gasteiger partial charge is 0.240 e. The maximum atomic E-state index is 12.2. The number of nitrogens with zero attached hydrogens (tertiary/aromatic N) is 3. The summed E-state index contributed by atoms with van der Waals surface area (Å²) in [6.07, 6.45) is 3.38. The van der Waals surface area contributed by atoms with E-state index in [1.165, 1.54) is 18.2 Å². The molecular formula is C13H13ClN4O2S. The number of rotatable bonds is 5. The fraction of sp³-hybridized carbons (Fsp3) is 0.231. The van der Waals surface area contributed by atoms with E-state index >= 15 is 0 Å². The largest absolute Gasteiger partial charge is 0.271 e. The molecule has 1 unspecified atom stereocenters. The summed E-state index contributed by atoms with van der Waals surface area (Å²) in [6.45, 7) is 2.15. The molecule has 21 heavy (non-hydrogen) atoms. The molecule has 2 rings (SSSR count). The first kappa shape index (κ1) is 15.5. The van der Waals surface area contributed by atoms with E-state index < -0.39 is 10.0 Å². The van der Waals surface area contributed by atoms with Gasteiger partial charge >= 0.3 is 0 Å². The van der Waals surface area contributed by atoms with Crippen molar-refractivity contribution >= 4 is 21.6 Å². The molecule has 0 fully saturated rings. The third-order valence-electron chi connectivity index (χ3n) is 2.75. The van der Waals surface area contributed by atoms with Crippen LogP contribution in [0.15, 0.2) is 41.6 Å². The summed E-state index contributed by atoms with van der Waals surface area (Å²) in [4.78, 5) is 0.0267. The van der Waals surface area contributed by atoms with Crippen molar-refractivity contribution in [3.63, 3.8) is 0 Å². The molecule has 0 aliphatic heterocycles. The first-order valence-corrected chi connectivity index (χ1v) is 7.98. The standard InChI is InChI=1S/C13H13ClN4O2S/c1-10(9-18-6-2-5-16-18)17-21(19,20)12-4-3-11(8-15)13(14)7-12/h2-7,10,17H,9H2,1H3. The van der Waals surface area contributed by atoms with Crippen LogP contribution in [0.25, 0.3) is 0 Å². The van der Waals surface area contributed by atoms with E-state index in [0.29, 0.717) is 6.54 Å². The Kier molecular flexibility index (Phi) is 4.63. The second-order valence-corrected chi connectivity index (χ2v) is 6.63. The van der Waals surface area contributed by atoms with Crippen molar-refractivity contribution in [2.75, 3.05) is 0 Å². The van der Waals surface area contributed by atoms with Gasteiger partial charge in [-0.3, -0.25) is 4.68 Å². The molecule has 0 amide bonds. The first-order valence-electron chi connectivity index (χ1n) is 6.12. The van der Waals surface area contributed by atoms with Crippen LogP contribution < -0.4 is 4.72 Å². The van der Waals surface area contributed by atoms with Crippen LogP contribution in [-0.4, -0.2) is 24.2 Å². The summed E-state index contributed by atoms with van der Waals surface area (Å²) in [6, 6.07) is 7.31. The van der Waals surface area contributed by atoms with Crippen molar-refractivity contribution < 1.29 is 8.42 Å². The molecule has 0 saturated heterocycles. The molecule has 1 aromatic carbocycles. The average molecular weight is 325 g/mol. The summed E-state index contributed by atoms with van der Waals surface area (Å²) in [5.74, 6) is 0. The minimum atomic E-state index is -3.70. The van der Waals surface area contributed by atoms with E-state index in [1.807, 2.05) is 6.07 Å². The highest BCUT2D eigenvalue weighted by molar-refractivity contribution is 7.89. The zero-order chi connectivity index (χ0) is 15.5. The Morgan fingerprint density at radius 1 is 1.52 bits per heavy atom. The van der Waals surface area contributed by atoms with Gasteiger partial charge in [0, 0.05) is 18.4 Å². The third-order valence-corrected chi connectivity index (χ3v) is 4.65. The van der Waals surface area contributed by atoms with Gasteiger partial charge in [0.25, 0.3) is 0 Å². The van der Waals surface area contributed by atoms with Gasteiger partial charge in [0.15, 0.2) is 0 Å². The van der Waals surface area contributed by atoms with E-state index in [1.54, 1.807) is 30.1 Å². The Balaban J connectivity index is 2.15. The minimum Gasteiger partial charge on any atom is -0.271 e. The fourth-order valence-corrected chi connectivity index (χ4v) is 3.36. The Labute approximate surface area is 128 Å². The SMILES string of the molecule is CC(Cn1cccn1)NS(=O)(=O)c1ccc(C#N)c(Cl)c1. The Bertz CT molecular complexity index is 766. The molecule has 0 bridgehead atoms. The van der Waals surface area contributed by atoms with Gasteiger partial charge in [-0.05, 0) is 31.2 Å². The molecule has 2 aromatic rings. The van der Waals surface area contributed by atoms with Crippen molar-refractivity contribution in [2.45, 2.75) is 24.4 Å². The van der Waals surface area contributed by atoms with Crippen LogP contribution in [0, 0.1) is 11.3 Å². The van der Waals surface area contributed by atoms with Crippen molar-refractivity contribution in [2.24, 2.45) is 0 Å². The molecule has 1 atom stereocenters. The number of benzene rings is 1. The average Bonchev–Trinajstić information content (AvgIpc) is 2.90. The summed E-state index contributed by atoms with van der Waals surface area (Å²) >= 11 is 5.86. The molecule has 1 aromatic heterocycles. The van der Waals surface area contributed by atoms with Crippen LogP contribution in [0.3, 0.4) is 0 Å². The fourth-order valence-electron chi connectivity index (χ4n) is 1.81. The molecule has 8 heteroatoms. The quantitative estimate of drug-likeness (QED) is 0.908. The van der Waals surface area contributed by atoms with E-state index in [-0.39, 0.29) is 21.5 Å². The number of nitrogens with one attached hydrogen (secondary N) is 1. The maximum Gasteiger partial charge on any atom is 0.240 e. The molecular weight excluding hydrogens is 312 g/mol. The van der Waals surface area contributed by atoms with Crippen LogP contribution in [0.4, 0.5) is 0 Å². The second kappa shape index (κ2) is 6.26. The lowest BCUT2D eigenvalue weighted by molar-refractivity contribution is 0.494. The number of nitriles is 1. The van der Waals surface area contributed by atoms with Crippen molar-refractivity contribution in [1.82, 2.24) is 14.5 Å². The number of hydrogen-bond acceptors (Lipinski definition) is 4. The maximum absolute atomic E-state index is 12.2. The number of aromatic nitrogens is 2. The molecule has 6 nitrogen and oxygen atoms in total. The zero-order valence-corrected chi connectivity index (χ0v) is 12.8. The molecule has 0 radical (unpaired) electrons. The van der Waals surface area contributed by atoms with E-state index in [0.717, 1.165) is 0 Å². The Morgan fingerprint density at radius 2 is 2.29 bits per heavy atom. The highest BCUT2D eigenvalue weighted by Gasteiger charge is 2.18. The van der Waals surface area contributed by atoms with Crippen LogP contribution in [0.1, 0.15) is 12.5 Å². The van der Waals surface area contributed by atoms with Crippen molar-refractivity contribution in [1.29, 1.82) is 5.26 Å². The lowest BCUT2D eigenvalue weighted by Gasteiger charge is -2.14.